The lowest BCUT2D eigenvalue weighted by Gasteiger charge is -2.14. The Kier molecular flexibility index (Phi) is 7.06. The van der Waals surface area contributed by atoms with Gasteiger partial charge in [-0.1, -0.05) is 115 Å². The van der Waals surface area contributed by atoms with Crippen LogP contribution in [0.15, 0.2) is 176 Å². The van der Waals surface area contributed by atoms with Crippen molar-refractivity contribution in [3.05, 3.63) is 176 Å². The lowest BCUT2D eigenvalue weighted by Crippen LogP contribution is -2.00. The highest BCUT2D eigenvalue weighted by molar-refractivity contribution is 6.11. The van der Waals surface area contributed by atoms with E-state index in [2.05, 4.69) is 113 Å². The number of hydrogen-bond donors (Lipinski definition) is 0. The first-order chi connectivity index (χ1) is 24.3. The number of pyridine rings is 1. The Morgan fingerprint density at radius 2 is 0.898 bits per heavy atom. The van der Waals surface area contributed by atoms with E-state index in [1.54, 1.807) is 0 Å². The summed E-state index contributed by atoms with van der Waals surface area (Å²) in [5.41, 5.74) is 10.7. The molecule has 5 nitrogen and oxygen atoms in total. The molecule has 3 aromatic heterocycles. The van der Waals surface area contributed by atoms with Crippen molar-refractivity contribution in [1.82, 2.24) is 24.5 Å². The Hall–Kier alpha value is -6.72. The fraction of sp³-hybridized carbons (Fsp3) is 0. The van der Waals surface area contributed by atoms with Gasteiger partial charge < -0.3 is 4.57 Å². The molecule has 0 saturated heterocycles. The third-order valence-electron chi connectivity index (χ3n) is 8.97. The molecule has 0 amide bonds. The van der Waals surface area contributed by atoms with Crippen LogP contribution in [0.25, 0.3) is 83.9 Å². The minimum Gasteiger partial charge on any atom is -0.309 e. The van der Waals surface area contributed by atoms with Crippen molar-refractivity contribution in [2.24, 2.45) is 0 Å². The molecule has 9 aromatic rings. The summed E-state index contributed by atoms with van der Waals surface area (Å²) in [6.45, 7) is 0. The second kappa shape index (κ2) is 12.1. The quantitative estimate of drug-likeness (QED) is 0.184. The van der Waals surface area contributed by atoms with Crippen molar-refractivity contribution in [3.8, 4) is 62.1 Å². The molecule has 49 heavy (non-hydrogen) atoms. The molecule has 0 fully saturated rings. The van der Waals surface area contributed by atoms with Gasteiger partial charge in [-0.2, -0.15) is 0 Å². The third kappa shape index (κ3) is 5.24. The number of hydrogen-bond acceptors (Lipinski definition) is 4. The number of fused-ring (bicyclic) bond motifs is 3. The smallest absolute Gasteiger partial charge is 0.164 e. The van der Waals surface area contributed by atoms with Gasteiger partial charge in [-0.05, 0) is 70.8 Å². The van der Waals surface area contributed by atoms with Crippen molar-refractivity contribution in [1.29, 1.82) is 0 Å². The van der Waals surface area contributed by atoms with Gasteiger partial charge in [-0.3, -0.25) is 4.98 Å². The Morgan fingerprint density at radius 1 is 0.347 bits per heavy atom. The zero-order valence-corrected chi connectivity index (χ0v) is 26.5. The first kappa shape index (κ1) is 28.5. The normalized spacial score (nSPS) is 11.3. The molecule has 230 valence electrons. The predicted molar refractivity (Wildman–Crippen MR) is 199 cm³/mol. The second-order valence-corrected chi connectivity index (χ2v) is 12.0. The zero-order valence-electron chi connectivity index (χ0n) is 26.5. The van der Waals surface area contributed by atoms with E-state index < -0.39 is 0 Å². The predicted octanol–water partition coefficient (Wildman–Crippen LogP) is 10.7. The summed E-state index contributed by atoms with van der Waals surface area (Å²) in [5.74, 6) is 1.90. The van der Waals surface area contributed by atoms with Crippen LogP contribution in [0.5, 0.6) is 0 Å². The molecular formula is C44H29N5. The minimum atomic E-state index is 0.622. The van der Waals surface area contributed by atoms with Crippen molar-refractivity contribution >= 4 is 21.8 Å². The van der Waals surface area contributed by atoms with Gasteiger partial charge in [0.05, 0.1) is 11.0 Å². The third-order valence-corrected chi connectivity index (χ3v) is 8.97. The number of nitrogens with zero attached hydrogens (tertiary/aromatic N) is 5. The molecule has 0 saturated carbocycles. The summed E-state index contributed by atoms with van der Waals surface area (Å²) in [6, 6.07) is 56.7. The summed E-state index contributed by atoms with van der Waals surface area (Å²) in [6.07, 6.45) is 3.68. The van der Waals surface area contributed by atoms with Gasteiger partial charge in [0.2, 0.25) is 0 Å². The van der Waals surface area contributed by atoms with Crippen LogP contribution in [0.1, 0.15) is 0 Å². The SMILES string of the molecule is c1ccc(-c2nc(-c3ccccc3)nc(-c3ccc(-c4ccncc4)c(-c4ccc5c(c4)c4ccccc4n5-c4ccccc4)c3)n2)cc1. The Labute approximate surface area is 283 Å². The van der Waals surface area contributed by atoms with E-state index in [1.165, 1.54) is 16.3 Å². The average Bonchev–Trinajstić information content (AvgIpc) is 3.52. The Balaban J connectivity index is 1.27. The van der Waals surface area contributed by atoms with Crippen molar-refractivity contribution in [3.63, 3.8) is 0 Å². The largest absolute Gasteiger partial charge is 0.309 e. The number of aromatic nitrogens is 5. The molecule has 0 aliphatic carbocycles. The molecule has 9 rings (SSSR count). The molecule has 0 spiro atoms. The van der Waals surface area contributed by atoms with Crippen LogP contribution in [-0.2, 0) is 0 Å². The first-order valence-electron chi connectivity index (χ1n) is 16.3. The topological polar surface area (TPSA) is 56.5 Å². The van der Waals surface area contributed by atoms with Crippen molar-refractivity contribution in [2.75, 3.05) is 0 Å². The first-order valence-corrected chi connectivity index (χ1v) is 16.3. The Morgan fingerprint density at radius 3 is 1.57 bits per heavy atom. The molecular weight excluding hydrogens is 599 g/mol. The highest BCUT2D eigenvalue weighted by atomic mass is 15.0. The van der Waals surface area contributed by atoms with Gasteiger partial charge in [-0.25, -0.2) is 15.0 Å². The number of rotatable bonds is 6. The maximum Gasteiger partial charge on any atom is 0.164 e. The molecule has 0 unspecified atom stereocenters. The van der Waals surface area contributed by atoms with Crippen LogP contribution >= 0.6 is 0 Å². The summed E-state index contributed by atoms with van der Waals surface area (Å²) < 4.78 is 2.34. The van der Waals surface area contributed by atoms with E-state index in [0.717, 1.165) is 50.1 Å². The van der Waals surface area contributed by atoms with Gasteiger partial charge >= 0.3 is 0 Å². The van der Waals surface area contributed by atoms with Crippen molar-refractivity contribution in [2.45, 2.75) is 0 Å². The van der Waals surface area contributed by atoms with E-state index >= 15 is 0 Å². The number of benzene rings is 6. The molecule has 6 aromatic carbocycles. The maximum absolute atomic E-state index is 5.03. The molecule has 3 heterocycles. The molecule has 0 aliphatic heterocycles. The fourth-order valence-electron chi connectivity index (χ4n) is 6.64. The summed E-state index contributed by atoms with van der Waals surface area (Å²) >= 11 is 0. The molecule has 0 radical (unpaired) electrons. The van der Waals surface area contributed by atoms with E-state index in [0.29, 0.717) is 17.5 Å². The molecule has 5 heteroatoms. The van der Waals surface area contributed by atoms with Crippen molar-refractivity contribution < 1.29 is 0 Å². The molecule has 0 atom stereocenters. The minimum absolute atomic E-state index is 0.622. The van der Waals surface area contributed by atoms with Crippen LogP contribution in [0.2, 0.25) is 0 Å². The fourth-order valence-corrected chi connectivity index (χ4v) is 6.64. The zero-order chi connectivity index (χ0) is 32.6. The average molecular weight is 628 g/mol. The van der Waals surface area contributed by atoms with E-state index in [4.69, 9.17) is 15.0 Å². The lowest BCUT2D eigenvalue weighted by molar-refractivity contribution is 1.07. The van der Waals surface area contributed by atoms with Crippen LogP contribution in [0.3, 0.4) is 0 Å². The van der Waals surface area contributed by atoms with Crippen LogP contribution < -0.4 is 0 Å². The summed E-state index contributed by atoms with van der Waals surface area (Å²) in [4.78, 5) is 19.3. The van der Waals surface area contributed by atoms with Gasteiger partial charge in [0.15, 0.2) is 17.5 Å². The summed E-state index contributed by atoms with van der Waals surface area (Å²) in [7, 11) is 0. The molecule has 0 aliphatic rings. The Bertz CT molecular complexity index is 2520. The highest BCUT2D eigenvalue weighted by Gasteiger charge is 2.18. The van der Waals surface area contributed by atoms with E-state index in [-0.39, 0.29) is 0 Å². The molecule has 0 bridgehead atoms. The van der Waals surface area contributed by atoms with Crippen LogP contribution in [0.4, 0.5) is 0 Å². The molecule has 0 N–H and O–H groups in total. The summed E-state index contributed by atoms with van der Waals surface area (Å²) in [5, 5.41) is 2.41. The standard InChI is InChI=1S/C44H29N5/c1-4-12-31(13-5-1)42-46-43(32-14-6-2-7-15-32)48-44(47-42)34-20-22-36(30-24-26-45-27-25-30)38(29-34)33-21-23-41-39(28-33)37-18-10-11-19-40(37)49(41)35-16-8-3-9-17-35/h1-29H. The highest BCUT2D eigenvalue weighted by Crippen LogP contribution is 2.39. The van der Waals surface area contributed by atoms with Gasteiger partial charge in [0, 0.05) is 45.5 Å². The van der Waals surface area contributed by atoms with Gasteiger partial charge in [-0.15, -0.1) is 0 Å². The monoisotopic (exact) mass is 627 g/mol. The maximum atomic E-state index is 5.03. The van der Waals surface area contributed by atoms with Gasteiger partial charge in [0.1, 0.15) is 0 Å². The van der Waals surface area contributed by atoms with E-state index in [9.17, 15) is 0 Å². The van der Waals surface area contributed by atoms with E-state index in [1.807, 2.05) is 73.1 Å². The van der Waals surface area contributed by atoms with Crippen LogP contribution in [-0.4, -0.2) is 24.5 Å². The number of para-hydroxylation sites is 2. The van der Waals surface area contributed by atoms with Crippen LogP contribution in [0, 0.1) is 0 Å². The van der Waals surface area contributed by atoms with Gasteiger partial charge in [0.25, 0.3) is 0 Å². The second-order valence-electron chi connectivity index (χ2n) is 12.0. The lowest BCUT2D eigenvalue weighted by atomic mass is 9.92.